The number of rotatable bonds is 5. The molecule has 4 rings (SSSR count). The van der Waals surface area contributed by atoms with Gasteiger partial charge >= 0.3 is 0 Å². The van der Waals surface area contributed by atoms with Crippen LogP contribution in [0.2, 0.25) is 5.15 Å². The van der Waals surface area contributed by atoms with E-state index < -0.39 is 0 Å². The molecule has 0 spiro atoms. The van der Waals surface area contributed by atoms with Gasteiger partial charge in [-0.2, -0.15) is 4.98 Å². The molecule has 2 aliphatic rings. The van der Waals surface area contributed by atoms with Gasteiger partial charge in [0, 0.05) is 44.0 Å². The lowest BCUT2D eigenvalue weighted by Crippen LogP contribution is -2.38. The Balaban J connectivity index is 1.33. The quantitative estimate of drug-likeness (QED) is 0.516. The zero-order valence-electron chi connectivity index (χ0n) is 17.4. The number of nitrogens with one attached hydrogen (secondary N) is 2. The molecule has 0 saturated carbocycles. The number of anilines is 3. The first-order chi connectivity index (χ1) is 14.6. The molecule has 0 aliphatic carbocycles. The molecule has 2 fully saturated rings. The molecule has 0 amide bonds. The Morgan fingerprint density at radius 2 is 1.83 bits per heavy atom. The number of piperidine rings is 1. The fourth-order valence-corrected chi connectivity index (χ4v) is 4.52. The van der Waals surface area contributed by atoms with Crippen LogP contribution in [0.25, 0.3) is 0 Å². The summed E-state index contributed by atoms with van der Waals surface area (Å²) in [6.07, 6.45) is 6.17. The minimum atomic E-state index is 0.417. The molecule has 3 heterocycles. The molecule has 0 bridgehead atoms. The zero-order chi connectivity index (χ0) is 20.9. The second-order valence-electron chi connectivity index (χ2n) is 8.08. The smallest absolute Gasteiger partial charge is 0.232 e. The van der Waals surface area contributed by atoms with Crippen LogP contribution in [0, 0.1) is 0 Å². The number of hydrogen-bond donors (Lipinski definition) is 2. The summed E-state index contributed by atoms with van der Waals surface area (Å²) in [5.74, 6) is 1.28. The van der Waals surface area contributed by atoms with Crippen molar-refractivity contribution in [1.29, 1.82) is 0 Å². The van der Waals surface area contributed by atoms with Crippen LogP contribution in [0.3, 0.4) is 0 Å². The minimum absolute atomic E-state index is 0.417. The maximum atomic E-state index is 6.26. The van der Waals surface area contributed by atoms with Crippen molar-refractivity contribution in [1.82, 2.24) is 15.3 Å². The molecule has 2 aromatic rings. The molecule has 2 N–H and O–H groups in total. The molecular weight excluding hydrogens is 416 g/mol. The average molecular weight is 445 g/mol. The van der Waals surface area contributed by atoms with Crippen LogP contribution in [0.5, 0.6) is 0 Å². The standard InChI is InChI=1S/C22H29ClN6S/c1-16-6-2-3-13-29(16)20-14-19(23)25-21(26-20)27-22(30)24-15-17-7-9-18(10-8-17)28-11-4-5-12-28/h7-10,14,16H,2-6,11-13,15H2,1H3,(H2,24,25,26,27,30)/t16-/m1/s1. The number of thiocarbonyl (C=S) groups is 1. The minimum Gasteiger partial charge on any atom is -0.372 e. The zero-order valence-corrected chi connectivity index (χ0v) is 19.0. The van der Waals surface area contributed by atoms with Crippen LogP contribution >= 0.6 is 23.8 Å². The Hall–Kier alpha value is -2.12. The van der Waals surface area contributed by atoms with Crippen LogP contribution < -0.4 is 20.4 Å². The molecule has 2 saturated heterocycles. The Kier molecular flexibility index (Phi) is 6.89. The highest BCUT2D eigenvalue weighted by atomic mass is 35.5. The maximum Gasteiger partial charge on any atom is 0.232 e. The molecular formula is C22H29ClN6S. The third-order valence-electron chi connectivity index (χ3n) is 5.86. The third kappa shape index (κ3) is 5.32. The topological polar surface area (TPSA) is 56.3 Å². The lowest BCUT2D eigenvalue weighted by atomic mass is 10.0. The number of halogens is 1. The van der Waals surface area contributed by atoms with Crippen molar-refractivity contribution in [3.05, 3.63) is 41.0 Å². The van der Waals surface area contributed by atoms with Gasteiger partial charge in [-0.1, -0.05) is 23.7 Å². The highest BCUT2D eigenvalue weighted by Crippen LogP contribution is 2.25. The molecule has 1 aromatic heterocycles. The van der Waals surface area contributed by atoms with Crippen LogP contribution in [-0.2, 0) is 6.54 Å². The van der Waals surface area contributed by atoms with E-state index in [1.165, 1.54) is 43.4 Å². The van der Waals surface area contributed by atoms with Gasteiger partial charge in [-0.05, 0) is 68.9 Å². The molecule has 1 atom stereocenters. The second kappa shape index (κ2) is 9.79. The van der Waals surface area contributed by atoms with E-state index in [1.54, 1.807) is 0 Å². The number of nitrogens with zero attached hydrogens (tertiary/aromatic N) is 4. The first-order valence-electron chi connectivity index (χ1n) is 10.8. The highest BCUT2D eigenvalue weighted by Gasteiger charge is 2.21. The number of benzene rings is 1. The summed E-state index contributed by atoms with van der Waals surface area (Å²) < 4.78 is 0. The maximum absolute atomic E-state index is 6.26. The van der Waals surface area contributed by atoms with Gasteiger partial charge in [0.15, 0.2) is 5.11 Å². The van der Waals surface area contributed by atoms with Crippen LogP contribution in [0.1, 0.15) is 44.6 Å². The summed E-state index contributed by atoms with van der Waals surface area (Å²) in [4.78, 5) is 13.7. The Morgan fingerprint density at radius 1 is 1.10 bits per heavy atom. The van der Waals surface area contributed by atoms with Gasteiger partial charge in [-0.25, -0.2) is 4.98 Å². The first kappa shape index (κ1) is 21.1. The lowest BCUT2D eigenvalue weighted by molar-refractivity contribution is 0.481. The Labute approximate surface area is 189 Å². The normalized spacial score (nSPS) is 19.1. The summed E-state index contributed by atoms with van der Waals surface area (Å²) in [5.41, 5.74) is 2.47. The van der Waals surface area contributed by atoms with Gasteiger partial charge in [0.25, 0.3) is 0 Å². The molecule has 1 aromatic carbocycles. The molecule has 6 nitrogen and oxygen atoms in total. The average Bonchev–Trinajstić information content (AvgIpc) is 3.27. The monoisotopic (exact) mass is 444 g/mol. The first-order valence-corrected chi connectivity index (χ1v) is 11.6. The van der Waals surface area contributed by atoms with Crippen molar-refractivity contribution in [3.8, 4) is 0 Å². The SMILES string of the molecule is C[C@@H]1CCCCN1c1cc(Cl)nc(NC(=S)NCc2ccc(N3CCCC3)cc2)n1. The molecule has 0 unspecified atom stereocenters. The van der Waals surface area contributed by atoms with Crippen molar-refractivity contribution in [2.24, 2.45) is 0 Å². The molecule has 0 radical (unpaired) electrons. The van der Waals surface area contributed by atoms with Crippen molar-refractivity contribution in [2.45, 2.75) is 51.6 Å². The Morgan fingerprint density at radius 3 is 2.57 bits per heavy atom. The van der Waals surface area contributed by atoms with Gasteiger partial charge in [-0.3, -0.25) is 0 Å². The molecule has 160 valence electrons. The Bertz CT molecular complexity index is 868. The summed E-state index contributed by atoms with van der Waals surface area (Å²) in [7, 11) is 0. The fourth-order valence-electron chi connectivity index (χ4n) is 4.18. The van der Waals surface area contributed by atoms with E-state index in [0.717, 1.165) is 25.5 Å². The van der Waals surface area contributed by atoms with E-state index in [1.807, 2.05) is 6.07 Å². The van der Waals surface area contributed by atoms with E-state index in [-0.39, 0.29) is 0 Å². The van der Waals surface area contributed by atoms with E-state index >= 15 is 0 Å². The predicted octanol–water partition coefficient (Wildman–Crippen LogP) is 4.60. The largest absolute Gasteiger partial charge is 0.372 e. The van der Waals surface area contributed by atoms with E-state index in [9.17, 15) is 0 Å². The van der Waals surface area contributed by atoms with Gasteiger partial charge in [0.05, 0.1) is 0 Å². The van der Waals surface area contributed by atoms with Gasteiger partial charge in [0.1, 0.15) is 11.0 Å². The van der Waals surface area contributed by atoms with Gasteiger partial charge < -0.3 is 20.4 Å². The predicted molar refractivity (Wildman–Crippen MR) is 129 cm³/mol. The molecule has 2 aliphatic heterocycles. The van der Waals surface area contributed by atoms with E-state index in [2.05, 4.69) is 61.6 Å². The fraction of sp³-hybridized carbons (Fsp3) is 0.500. The van der Waals surface area contributed by atoms with Crippen molar-refractivity contribution < 1.29 is 0 Å². The van der Waals surface area contributed by atoms with Crippen LogP contribution in [0.15, 0.2) is 30.3 Å². The summed E-state index contributed by atoms with van der Waals surface area (Å²) in [6.45, 7) is 6.17. The second-order valence-corrected chi connectivity index (χ2v) is 8.87. The van der Waals surface area contributed by atoms with Crippen LogP contribution in [-0.4, -0.2) is 40.8 Å². The van der Waals surface area contributed by atoms with Crippen molar-refractivity contribution in [2.75, 3.05) is 34.8 Å². The summed E-state index contributed by atoms with van der Waals surface area (Å²) >= 11 is 11.7. The summed E-state index contributed by atoms with van der Waals surface area (Å²) in [5, 5.41) is 7.22. The van der Waals surface area contributed by atoms with E-state index in [0.29, 0.717) is 28.8 Å². The third-order valence-corrected chi connectivity index (χ3v) is 6.30. The molecule has 30 heavy (non-hydrogen) atoms. The highest BCUT2D eigenvalue weighted by molar-refractivity contribution is 7.80. The van der Waals surface area contributed by atoms with Crippen molar-refractivity contribution >= 4 is 46.4 Å². The molecule has 8 heteroatoms. The summed E-state index contributed by atoms with van der Waals surface area (Å²) in [6, 6.07) is 10.9. The lowest BCUT2D eigenvalue weighted by Gasteiger charge is -2.34. The van der Waals surface area contributed by atoms with E-state index in [4.69, 9.17) is 23.8 Å². The van der Waals surface area contributed by atoms with Crippen LogP contribution in [0.4, 0.5) is 17.5 Å². The number of aromatic nitrogens is 2. The number of hydrogen-bond acceptors (Lipinski definition) is 5. The van der Waals surface area contributed by atoms with Crippen molar-refractivity contribution in [3.63, 3.8) is 0 Å². The van der Waals surface area contributed by atoms with Gasteiger partial charge in [0.2, 0.25) is 5.95 Å². The van der Waals surface area contributed by atoms with Gasteiger partial charge in [-0.15, -0.1) is 0 Å².